The molecule has 0 unspecified atom stereocenters. The number of pyridine rings is 1. The van der Waals surface area contributed by atoms with E-state index in [9.17, 15) is 14.4 Å². The molecule has 0 bridgehead atoms. The summed E-state index contributed by atoms with van der Waals surface area (Å²) in [6, 6.07) is 16.6. The van der Waals surface area contributed by atoms with Gasteiger partial charge in [0, 0.05) is 43.6 Å². The normalized spacial score (nSPS) is 13.4. The average molecular weight is 598 g/mol. The Morgan fingerprint density at radius 2 is 1.61 bits per heavy atom. The molecular formula is C35H36FN3O5. The molecule has 0 spiro atoms. The lowest BCUT2D eigenvalue weighted by atomic mass is 9.89. The molecule has 0 saturated carbocycles. The third-order valence-corrected chi connectivity index (χ3v) is 8.67. The van der Waals surface area contributed by atoms with E-state index in [2.05, 4.69) is 5.32 Å². The number of nitrogens with zero attached hydrogens (tertiary/aromatic N) is 2. The molecule has 2 N–H and O–H groups in total. The van der Waals surface area contributed by atoms with Crippen molar-refractivity contribution in [3.8, 4) is 28.0 Å². The molecule has 228 valence electrons. The number of carboxylic acids is 1. The van der Waals surface area contributed by atoms with Crippen molar-refractivity contribution in [3.05, 3.63) is 104 Å². The number of rotatable bonds is 8. The molecule has 1 aliphatic rings. The van der Waals surface area contributed by atoms with Crippen molar-refractivity contribution in [1.29, 1.82) is 0 Å². The van der Waals surface area contributed by atoms with E-state index in [0.717, 1.165) is 33.5 Å². The van der Waals surface area contributed by atoms with Crippen LogP contribution in [0, 0.1) is 39.4 Å². The molecule has 1 saturated heterocycles. The summed E-state index contributed by atoms with van der Waals surface area (Å²) in [6.45, 7) is 8.49. The van der Waals surface area contributed by atoms with Gasteiger partial charge in [-0.3, -0.25) is 19.3 Å². The van der Waals surface area contributed by atoms with Gasteiger partial charge in [-0.25, -0.2) is 4.39 Å². The third kappa shape index (κ3) is 5.63. The fourth-order valence-electron chi connectivity index (χ4n) is 5.92. The molecule has 0 atom stereocenters. The van der Waals surface area contributed by atoms with E-state index in [1.54, 1.807) is 20.0 Å². The van der Waals surface area contributed by atoms with Crippen molar-refractivity contribution in [2.45, 2.75) is 34.2 Å². The predicted molar refractivity (Wildman–Crippen MR) is 169 cm³/mol. The van der Waals surface area contributed by atoms with E-state index in [1.165, 1.54) is 17.7 Å². The van der Waals surface area contributed by atoms with E-state index < -0.39 is 23.6 Å². The highest BCUT2D eigenvalue weighted by Crippen LogP contribution is 2.38. The number of carbonyl (C=O) groups is 2. The molecule has 0 radical (unpaired) electrons. The number of nitrogens with one attached hydrogen (secondary N) is 1. The summed E-state index contributed by atoms with van der Waals surface area (Å²) >= 11 is 0. The van der Waals surface area contributed by atoms with Crippen LogP contribution < -0.4 is 15.6 Å². The van der Waals surface area contributed by atoms with Gasteiger partial charge in [-0.15, -0.1) is 0 Å². The zero-order valence-electron chi connectivity index (χ0n) is 25.7. The van der Waals surface area contributed by atoms with Crippen LogP contribution in [0.3, 0.4) is 0 Å². The number of aryl methyl sites for hydroxylation is 2. The van der Waals surface area contributed by atoms with Gasteiger partial charge in [0.15, 0.2) is 0 Å². The van der Waals surface area contributed by atoms with Gasteiger partial charge in [-0.1, -0.05) is 30.3 Å². The lowest BCUT2D eigenvalue weighted by Crippen LogP contribution is -2.49. The first kappa shape index (κ1) is 30.7. The summed E-state index contributed by atoms with van der Waals surface area (Å²) in [4.78, 5) is 39.2. The first-order valence-electron chi connectivity index (χ1n) is 14.4. The number of aromatic nitrogens is 1. The number of carboxylic acid groups (broad SMARTS) is 1. The van der Waals surface area contributed by atoms with Gasteiger partial charge in [0.2, 0.25) is 0 Å². The van der Waals surface area contributed by atoms with Crippen LogP contribution in [0.25, 0.3) is 22.3 Å². The third-order valence-electron chi connectivity index (χ3n) is 8.67. The smallest absolute Gasteiger partial charge is 0.309 e. The van der Waals surface area contributed by atoms with Crippen molar-refractivity contribution in [2.24, 2.45) is 13.0 Å². The molecular weight excluding hydrogens is 561 g/mol. The SMILES string of the molecule is COc1cc(-c2cccc(-c3cccc(NC(=O)c4c(C)cc(C)n(C)c4=O)c3C)c2C)cc(F)c1CN1CC(C(=O)O)C1. The highest BCUT2D eigenvalue weighted by molar-refractivity contribution is 6.06. The van der Waals surface area contributed by atoms with E-state index in [4.69, 9.17) is 9.84 Å². The van der Waals surface area contributed by atoms with Crippen molar-refractivity contribution in [3.63, 3.8) is 0 Å². The molecule has 4 aromatic rings. The number of ether oxygens (including phenoxy) is 1. The quantitative estimate of drug-likeness (QED) is 0.264. The molecule has 1 amide bonds. The fourth-order valence-corrected chi connectivity index (χ4v) is 5.92. The Morgan fingerprint density at radius 1 is 0.977 bits per heavy atom. The van der Waals surface area contributed by atoms with E-state index >= 15 is 4.39 Å². The maximum atomic E-state index is 15.5. The summed E-state index contributed by atoms with van der Waals surface area (Å²) < 4.78 is 22.6. The van der Waals surface area contributed by atoms with E-state index in [-0.39, 0.29) is 17.7 Å². The monoisotopic (exact) mass is 597 g/mol. The van der Waals surface area contributed by atoms with Crippen LogP contribution in [0.2, 0.25) is 0 Å². The minimum atomic E-state index is -0.838. The molecule has 2 heterocycles. The van der Waals surface area contributed by atoms with Crippen LogP contribution in [0.15, 0.2) is 59.4 Å². The number of anilines is 1. The molecule has 5 rings (SSSR count). The number of aliphatic carboxylic acids is 1. The Balaban J connectivity index is 1.46. The Bertz CT molecular complexity index is 1860. The Morgan fingerprint density at radius 3 is 2.27 bits per heavy atom. The van der Waals surface area contributed by atoms with Crippen LogP contribution in [0.4, 0.5) is 10.1 Å². The van der Waals surface area contributed by atoms with Crippen LogP contribution in [-0.4, -0.2) is 46.6 Å². The number of halogens is 1. The topological polar surface area (TPSA) is 101 Å². The van der Waals surface area contributed by atoms with Crippen LogP contribution in [0.1, 0.15) is 38.3 Å². The largest absolute Gasteiger partial charge is 0.496 e. The Kier molecular flexibility index (Phi) is 8.43. The first-order chi connectivity index (χ1) is 20.9. The van der Waals surface area contributed by atoms with Gasteiger partial charge in [0.05, 0.1) is 13.0 Å². The number of hydrogen-bond acceptors (Lipinski definition) is 5. The predicted octanol–water partition coefficient (Wildman–Crippen LogP) is 5.87. The van der Waals surface area contributed by atoms with Gasteiger partial charge >= 0.3 is 5.97 Å². The molecule has 0 aliphatic carbocycles. The number of hydrogen-bond donors (Lipinski definition) is 2. The zero-order chi connectivity index (χ0) is 31.9. The minimum absolute atomic E-state index is 0.108. The zero-order valence-corrected chi connectivity index (χ0v) is 25.7. The number of benzene rings is 3. The highest BCUT2D eigenvalue weighted by Gasteiger charge is 2.33. The number of amides is 1. The number of carbonyl (C=O) groups excluding carboxylic acids is 1. The molecule has 9 heteroatoms. The molecule has 3 aromatic carbocycles. The highest BCUT2D eigenvalue weighted by atomic mass is 19.1. The van der Waals surface area contributed by atoms with Gasteiger partial charge in [-0.2, -0.15) is 0 Å². The Labute approximate surface area is 255 Å². The summed E-state index contributed by atoms with van der Waals surface area (Å²) in [5, 5.41) is 12.1. The van der Waals surface area contributed by atoms with Crippen molar-refractivity contribution < 1.29 is 23.8 Å². The van der Waals surface area contributed by atoms with Crippen molar-refractivity contribution in [2.75, 3.05) is 25.5 Å². The minimum Gasteiger partial charge on any atom is -0.496 e. The summed E-state index contributed by atoms with van der Waals surface area (Å²) in [5.74, 6) is -1.74. The standard InChI is InChI=1S/C35H36FN3O5/c1-19-13-20(2)38(5)34(41)32(19)33(40)37-30-12-8-11-27(22(30)4)26-10-7-9-25(21(26)3)23-14-29(36)28(31(15-23)44-6)18-39-16-24(17-39)35(42)43/h7-15,24H,16-18H2,1-6H3,(H,37,40)(H,42,43). The van der Waals surface area contributed by atoms with Crippen LogP contribution >= 0.6 is 0 Å². The average Bonchev–Trinajstić information content (AvgIpc) is 2.95. The summed E-state index contributed by atoms with van der Waals surface area (Å²) in [7, 11) is 3.14. The molecule has 1 aromatic heterocycles. The maximum absolute atomic E-state index is 15.5. The maximum Gasteiger partial charge on any atom is 0.309 e. The molecule has 8 nitrogen and oxygen atoms in total. The first-order valence-corrected chi connectivity index (χ1v) is 14.4. The lowest BCUT2D eigenvalue weighted by Gasteiger charge is -2.36. The molecule has 44 heavy (non-hydrogen) atoms. The molecule has 1 aliphatic heterocycles. The second-order valence-electron chi connectivity index (χ2n) is 11.5. The fraction of sp³-hybridized carbons (Fsp3) is 0.286. The van der Waals surface area contributed by atoms with Gasteiger partial charge < -0.3 is 19.7 Å². The van der Waals surface area contributed by atoms with E-state index in [0.29, 0.717) is 41.2 Å². The van der Waals surface area contributed by atoms with Crippen LogP contribution in [0.5, 0.6) is 5.75 Å². The second-order valence-corrected chi connectivity index (χ2v) is 11.5. The Hall–Kier alpha value is -4.76. The van der Waals surface area contributed by atoms with Gasteiger partial charge in [-0.05, 0) is 90.9 Å². The lowest BCUT2D eigenvalue weighted by molar-refractivity contribution is -0.147. The van der Waals surface area contributed by atoms with Gasteiger partial charge in [0.25, 0.3) is 11.5 Å². The number of likely N-dealkylation sites (tertiary alicyclic amines) is 1. The number of methoxy groups -OCH3 is 1. The van der Waals surface area contributed by atoms with E-state index in [1.807, 2.05) is 68.1 Å². The summed E-state index contributed by atoms with van der Waals surface area (Å²) in [6.07, 6.45) is 0. The van der Waals surface area contributed by atoms with Gasteiger partial charge in [0.1, 0.15) is 17.1 Å². The van der Waals surface area contributed by atoms with Crippen molar-refractivity contribution in [1.82, 2.24) is 9.47 Å². The van der Waals surface area contributed by atoms with Crippen LogP contribution in [-0.2, 0) is 18.4 Å². The van der Waals surface area contributed by atoms with Crippen molar-refractivity contribution >= 4 is 17.6 Å². The summed E-state index contributed by atoms with van der Waals surface area (Å²) in [5.41, 5.74) is 7.18. The molecule has 1 fully saturated rings. The second kappa shape index (κ2) is 12.1.